The van der Waals surface area contributed by atoms with E-state index in [0.717, 1.165) is 16.4 Å². The van der Waals surface area contributed by atoms with Gasteiger partial charge in [-0.25, -0.2) is 4.79 Å². The molecule has 1 fully saturated rings. The average molecular weight is 375 g/mol. The highest BCUT2D eigenvalue weighted by Crippen LogP contribution is 2.38. The van der Waals surface area contributed by atoms with Gasteiger partial charge in [-0.1, -0.05) is 44.5 Å². The van der Waals surface area contributed by atoms with Gasteiger partial charge in [-0.05, 0) is 37.1 Å². The summed E-state index contributed by atoms with van der Waals surface area (Å²) in [5.74, 6) is 0.463. The van der Waals surface area contributed by atoms with Crippen LogP contribution in [-0.4, -0.2) is 33.1 Å². The van der Waals surface area contributed by atoms with E-state index in [1.165, 1.54) is 18.1 Å². The molecule has 1 aromatic carbocycles. The lowest BCUT2D eigenvalue weighted by Crippen LogP contribution is -2.34. The maximum atomic E-state index is 13.9. The smallest absolute Gasteiger partial charge is 0.370 e. The second kappa shape index (κ2) is 6.66. The van der Waals surface area contributed by atoms with Crippen LogP contribution in [0.1, 0.15) is 6.92 Å². The highest BCUT2D eigenvalue weighted by molar-refractivity contribution is 8.00. The number of benzene rings is 1. The van der Waals surface area contributed by atoms with Crippen molar-refractivity contribution in [1.82, 2.24) is 9.65 Å². The molecule has 2 rings (SSSR count). The second-order valence-electron chi connectivity index (χ2n) is 4.03. The molecule has 0 bridgehead atoms. The van der Waals surface area contributed by atoms with Crippen LogP contribution in [0.5, 0.6) is 5.75 Å². The standard InChI is InChI=1S/C11H11Cl3FN3O2S/c1-6-16(7-3-4-9(20-2)8(12)5-7)11(19)17(15)18(6)21-10(13)14/h3-6,10H,1-2H3. The number of anilines is 1. The molecule has 1 aliphatic heterocycles. The van der Waals surface area contributed by atoms with Crippen molar-refractivity contribution in [1.29, 1.82) is 0 Å². The molecule has 10 heteroatoms. The largest absolute Gasteiger partial charge is 0.495 e. The molecule has 0 saturated carbocycles. The predicted molar refractivity (Wildman–Crippen MR) is 83.2 cm³/mol. The summed E-state index contributed by atoms with van der Waals surface area (Å²) in [7, 11) is 1.48. The number of carbonyl (C=O) groups is 1. The van der Waals surface area contributed by atoms with Crippen LogP contribution < -0.4 is 9.64 Å². The Morgan fingerprint density at radius 1 is 1.43 bits per heavy atom. The predicted octanol–water partition coefficient (Wildman–Crippen LogP) is 4.45. The Labute approximate surface area is 140 Å². The van der Waals surface area contributed by atoms with Crippen LogP contribution in [0.2, 0.25) is 5.02 Å². The second-order valence-corrected chi connectivity index (χ2v) is 7.11. The Hall–Kier alpha value is -0.600. The Balaban J connectivity index is 2.31. The van der Waals surface area contributed by atoms with Gasteiger partial charge in [0, 0.05) is 5.69 Å². The van der Waals surface area contributed by atoms with Crippen LogP contribution >= 0.6 is 46.8 Å². The molecule has 116 valence electrons. The van der Waals surface area contributed by atoms with Gasteiger partial charge in [0.15, 0.2) is 4.17 Å². The number of nitrogens with zero attached hydrogens (tertiary/aromatic N) is 3. The molecule has 0 aromatic heterocycles. The lowest BCUT2D eigenvalue weighted by Gasteiger charge is -2.24. The zero-order chi connectivity index (χ0) is 15.7. The van der Waals surface area contributed by atoms with E-state index in [1.807, 2.05) is 0 Å². The van der Waals surface area contributed by atoms with Crippen molar-refractivity contribution in [2.24, 2.45) is 0 Å². The lowest BCUT2D eigenvalue weighted by atomic mass is 10.2. The number of hydrazine groups is 1. The molecule has 1 saturated heterocycles. The first-order valence-electron chi connectivity index (χ1n) is 5.73. The summed E-state index contributed by atoms with van der Waals surface area (Å²) in [5.41, 5.74) is 0.435. The van der Waals surface area contributed by atoms with E-state index in [9.17, 15) is 9.28 Å². The molecule has 0 spiro atoms. The lowest BCUT2D eigenvalue weighted by molar-refractivity contribution is -0.0427. The molecule has 1 atom stereocenters. The summed E-state index contributed by atoms with van der Waals surface area (Å²) < 4.78 is 19.1. The van der Waals surface area contributed by atoms with E-state index in [1.54, 1.807) is 19.1 Å². The molecular formula is C11H11Cl3FN3O2S. The summed E-state index contributed by atoms with van der Waals surface area (Å²) in [5, 5.41) is 0.282. The number of alkyl halides is 2. The van der Waals surface area contributed by atoms with Gasteiger partial charge >= 0.3 is 6.03 Å². The van der Waals surface area contributed by atoms with Crippen LogP contribution in [-0.2, 0) is 0 Å². The number of halogens is 4. The van der Waals surface area contributed by atoms with Crippen molar-refractivity contribution >= 4 is 58.5 Å². The molecule has 21 heavy (non-hydrogen) atoms. The van der Waals surface area contributed by atoms with E-state index in [4.69, 9.17) is 39.5 Å². The van der Waals surface area contributed by atoms with Crippen LogP contribution in [0.25, 0.3) is 0 Å². The Morgan fingerprint density at radius 2 is 2.10 bits per heavy atom. The zero-order valence-corrected chi connectivity index (χ0v) is 14.0. The molecule has 1 heterocycles. The van der Waals surface area contributed by atoms with E-state index < -0.39 is 16.4 Å². The molecular weight excluding hydrogens is 364 g/mol. The van der Waals surface area contributed by atoms with Gasteiger partial charge in [-0.3, -0.25) is 4.90 Å². The number of methoxy groups -OCH3 is 1. The molecule has 0 aliphatic carbocycles. The number of ether oxygens (including phenoxy) is 1. The summed E-state index contributed by atoms with van der Waals surface area (Å²) >= 11 is 18.1. The number of amides is 2. The molecule has 2 amide bonds. The van der Waals surface area contributed by atoms with Gasteiger partial charge in [0.05, 0.1) is 12.1 Å². The average Bonchev–Trinajstić information content (AvgIpc) is 2.62. The molecule has 1 aliphatic rings. The van der Waals surface area contributed by atoms with Gasteiger partial charge in [-0.15, -0.1) is 4.41 Å². The first-order chi connectivity index (χ1) is 9.86. The molecule has 1 unspecified atom stereocenters. The highest BCUT2D eigenvalue weighted by atomic mass is 35.5. The first kappa shape index (κ1) is 16.8. The molecule has 0 N–H and O–H groups in total. The maximum Gasteiger partial charge on any atom is 0.370 e. The van der Waals surface area contributed by atoms with Crippen molar-refractivity contribution in [3.8, 4) is 5.75 Å². The normalized spacial score (nSPS) is 19.8. The van der Waals surface area contributed by atoms with E-state index in [-0.39, 0.29) is 5.23 Å². The Morgan fingerprint density at radius 3 is 2.62 bits per heavy atom. The third-order valence-electron chi connectivity index (χ3n) is 2.83. The van der Waals surface area contributed by atoms with E-state index in [0.29, 0.717) is 16.5 Å². The Bertz CT molecular complexity index is 551. The van der Waals surface area contributed by atoms with Gasteiger partial charge in [0.1, 0.15) is 11.9 Å². The summed E-state index contributed by atoms with van der Waals surface area (Å²) in [6.45, 7) is 1.64. The van der Waals surface area contributed by atoms with Crippen molar-refractivity contribution in [2.45, 2.75) is 17.3 Å². The fourth-order valence-electron chi connectivity index (χ4n) is 1.92. The zero-order valence-electron chi connectivity index (χ0n) is 11.0. The quantitative estimate of drug-likeness (QED) is 0.443. The topological polar surface area (TPSA) is 36.0 Å². The van der Waals surface area contributed by atoms with Gasteiger partial charge in [0.25, 0.3) is 0 Å². The first-order valence-corrected chi connectivity index (χ1v) is 7.82. The Kier molecular flexibility index (Phi) is 5.32. The van der Waals surface area contributed by atoms with Crippen molar-refractivity contribution < 1.29 is 14.0 Å². The summed E-state index contributed by atoms with van der Waals surface area (Å²) in [4.78, 5) is 13.3. The number of hydrogen-bond donors (Lipinski definition) is 0. The number of carbonyl (C=O) groups excluding carboxylic acids is 1. The van der Waals surface area contributed by atoms with Gasteiger partial charge < -0.3 is 4.74 Å². The van der Waals surface area contributed by atoms with Crippen LogP contribution in [0.4, 0.5) is 15.0 Å². The third-order valence-corrected chi connectivity index (χ3v) is 4.43. The number of hydrogen-bond acceptors (Lipinski definition) is 4. The summed E-state index contributed by atoms with van der Waals surface area (Å²) in [6, 6.07) is 3.88. The van der Waals surface area contributed by atoms with E-state index >= 15 is 0 Å². The minimum absolute atomic E-state index is 0.0365. The minimum atomic E-state index is -0.905. The third kappa shape index (κ3) is 3.27. The fourth-order valence-corrected chi connectivity index (χ4v) is 3.25. The number of urea groups is 1. The van der Waals surface area contributed by atoms with Gasteiger partial charge in [-0.2, -0.15) is 0 Å². The van der Waals surface area contributed by atoms with Crippen molar-refractivity contribution in [3.05, 3.63) is 23.2 Å². The SMILES string of the molecule is COc1ccc(N2C(=O)N(F)N(SC(Cl)Cl)C2C)cc1Cl. The molecule has 0 radical (unpaired) electrons. The summed E-state index contributed by atoms with van der Waals surface area (Å²) in [6.07, 6.45) is -0.628. The molecule has 1 aromatic rings. The van der Waals surface area contributed by atoms with Crippen LogP contribution in [0.15, 0.2) is 18.2 Å². The van der Waals surface area contributed by atoms with Crippen molar-refractivity contribution in [3.63, 3.8) is 0 Å². The van der Waals surface area contributed by atoms with E-state index in [2.05, 4.69) is 0 Å². The maximum absolute atomic E-state index is 13.9. The van der Waals surface area contributed by atoms with Crippen LogP contribution in [0, 0.1) is 0 Å². The number of rotatable bonds is 4. The van der Waals surface area contributed by atoms with Gasteiger partial charge in [0.2, 0.25) is 0 Å². The highest BCUT2D eigenvalue weighted by Gasteiger charge is 2.45. The van der Waals surface area contributed by atoms with Crippen LogP contribution in [0.3, 0.4) is 0 Å². The monoisotopic (exact) mass is 373 g/mol. The minimum Gasteiger partial charge on any atom is -0.495 e. The fraction of sp³-hybridized carbons (Fsp3) is 0.364. The molecule has 5 nitrogen and oxygen atoms in total. The van der Waals surface area contributed by atoms with Crippen molar-refractivity contribution in [2.75, 3.05) is 12.0 Å².